The van der Waals surface area contributed by atoms with Crippen molar-refractivity contribution in [3.8, 4) is 11.3 Å². The molecule has 288 valence electrons. The van der Waals surface area contributed by atoms with Gasteiger partial charge in [-0.25, -0.2) is 0 Å². The number of carbonyl (C=O) groups excluding carboxylic acids is 3. The third-order valence-electron chi connectivity index (χ3n) is 10.1. The molecule has 1 aliphatic heterocycles. The summed E-state index contributed by atoms with van der Waals surface area (Å²) < 4.78 is 0. The fourth-order valence-electron chi connectivity index (χ4n) is 6.96. The Labute approximate surface area is 331 Å². The largest absolute Gasteiger partial charge is 0.361 e. The van der Waals surface area contributed by atoms with Crippen LogP contribution in [0, 0.1) is 0 Å². The highest BCUT2D eigenvalue weighted by Crippen LogP contribution is 2.41. The van der Waals surface area contributed by atoms with Gasteiger partial charge in [-0.05, 0) is 68.5 Å². The maximum absolute atomic E-state index is 14.5. The third-order valence-corrected chi connectivity index (χ3v) is 11.7. The Morgan fingerprint density at radius 3 is 2.38 bits per heavy atom. The summed E-state index contributed by atoms with van der Waals surface area (Å²) in [6, 6.07) is 23.3. The summed E-state index contributed by atoms with van der Waals surface area (Å²) in [6.45, 7) is 1.34. The number of benzene rings is 3. The van der Waals surface area contributed by atoms with Gasteiger partial charge in [-0.3, -0.25) is 19.4 Å². The Morgan fingerprint density at radius 2 is 1.58 bits per heavy atom. The van der Waals surface area contributed by atoms with Crippen LogP contribution in [-0.4, -0.2) is 70.9 Å². The number of nitrogens with two attached hydrogens (primary N) is 2. The number of aromatic nitrogens is 2. The molecule has 13 heteroatoms. The second-order valence-electron chi connectivity index (χ2n) is 13.8. The van der Waals surface area contributed by atoms with Crippen molar-refractivity contribution in [2.75, 3.05) is 20.1 Å². The topological polar surface area (TPSA) is 171 Å². The lowest BCUT2D eigenvalue weighted by Gasteiger charge is -2.32. The molecule has 0 fully saturated rings. The minimum atomic E-state index is -0.923. The Hall–Kier alpha value is -4.72. The van der Waals surface area contributed by atoms with Crippen molar-refractivity contribution in [2.24, 2.45) is 11.5 Å². The van der Waals surface area contributed by atoms with Crippen LogP contribution >= 0.6 is 23.4 Å². The van der Waals surface area contributed by atoms with Crippen LogP contribution in [0.25, 0.3) is 22.2 Å². The SMILES string of the molecule is CN1C(=O)[C@H](CCCCN)NC(=O)[C@H](CCCN)NCc2ccccc2Sc2c(-c3ccccc3)ncc(Cl)c2CNC(=O)[C@@H]1Cc1c[nH]c2ccccc12. The summed E-state index contributed by atoms with van der Waals surface area (Å²) in [5.41, 5.74) is 16.9. The molecule has 0 radical (unpaired) electrons. The molecule has 0 saturated heterocycles. The van der Waals surface area contributed by atoms with Crippen molar-refractivity contribution in [1.82, 2.24) is 30.8 Å². The second kappa shape index (κ2) is 19.2. The number of nitrogens with zero attached hydrogens (tertiary/aromatic N) is 2. The van der Waals surface area contributed by atoms with Gasteiger partial charge in [-0.15, -0.1) is 0 Å². The molecule has 55 heavy (non-hydrogen) atoms. The van der Waals surface area contributed by atoms with Gasteiger partial charge in [0.1, 0.15) is 12.1 Å². The van der Waals surface area contributed by atoms with E-state index in [1.165, 1.54) is 16.7 Å². The summed E-state index contributed by atoms with van der Waals surface area (Å²) >= 11 is 8.47. The minimum Gasteiger partial charge on any atom is -0.361 e. The van der Waals surface area contributed by atoms with E-state index in [2.05, 4.69) is 20.9 Å². The number of amides is 3. The number of H-pyrrole nitrogens is 1. The van der Waals surface area contributed by atoms with Crippen LogP contribution < -0.4 is 27.4 Å². The monoisotopic (exact) mass is 780 g/mol. The molecule has 0 spiro atoms. The molecule has 3 atom stereocenters. The van der Waals surface area contributed by atoms with Crippen LogP contribution in [0.1, 0.15) is 48.8 Å². The van der Waals surface area contributed by atoms with Crippen LogP contribution in [0.5, 0.6) is 0 Å². The lowest BCUT2D eigenvalue weighted by Crippen LogP contribution is -2.57. The average Bonchev–Trinajstić information content (AvgIpc) is 3.62. The number of aromatic amines is 1. The average molecular weight is 781 g/mol. The molecule has 3 aromatic carbocycles. The molecule has 1 aliphatic rings. The van der Waals surface area contributed by atoms with Crippen LogP contribution in [0.15, 0.2) is 101 Å². The van der Waals surface area contributed by atoms with Gasteiger partial charge in [0.05, 0.1) is 16.8 Å². The predicted octanol–water partition coefficient (Wildman–Crippen LogP) is 5.54. The van der Waals surface area contributed by atoms with Crippen LogP contribution in [-0.2, 0) is 33.9 Å². The summed E-state index contributed by atoms with van der Waals surface area (Å²) in [7, 11) is 1.63. The van der Waals surface area contributed by atoms with E-state index in [0.29, 0.717) is 62.3 Å². The molecule has 2 aromatic heterocycles. The van der Waals surface area contributed by atoms with Gasteiger partial charge in [0.25, 0.3) is 0 Å². The molecule has 0 aliphatic carbocycles. The smallest absolute Gasteiger partial charge is 0.245 e. The lowest BCUT2D eigenvalue weighted by atomic mass is 10.0. The number of likely N-dealkylation sites (N-methyl/N-ethyl adjacent to an activating group) is 1. The van der Waals surface area contributed by atoms with E-state index < -0.39 is 18.1 Å². The van der Waals surface area contributed by atoms with E-state index in [4.69, 9.17) is 28.1 Å². The molecular weight excluding hydrogens is 732 g/mol. The Morgan fingerprint density at radius 1 is 0.855 bits per heavy atom. The fraction of sp³-hybridized carbons (Fsp3) is 0.333. The highest BCUT2D eigenvalue weighted by Gasteiger charge is 2.34. The molecule has 5 aromatic rings. The maximum Gasteiger partial charge on any atom is 0.245 e. The van der Waals surface area contributed by atoms with Crippen LogP contribution in [0.2, 0.25) is 5.02 Å². The molecule has 8 N–H and O–H groups in total. The van der Waals surface area contributed by atoms with Crippen molar-refractivity contribution < 1.29 is 14.4 Å². The molecule has 3 amide bonds. The number of halogens is 1. The van der Waals surface area contributed by atoms with E-state index in [9.17, 15) is 14.4 Å². The lowest BCUT2D eigenvalue weighted by molar-refractivity contribution is -0.142. The van der Waals surface area contributed by atoms with Crippen LogP contribution in [0.4, 0.5) is 0 Å². The van der Waals surface area contributed by atoms with Crippen molar-refractivity contribution in [3.05, 3.63) is 113 Å². The maximum atomic E-state index is 14.5. The Balaban J connectivity index is 1.46. The third kappa shape index (κ3) is 9.75. The standard InChI is InChI=1S/C42H49ClN8O3S/c1-51-36(22-29-24-46-33-16-7-6-15-30(29)33)41(53)49-25-31-32(43)26-48-38(27-12-3-2-4-13-27)39(31)55-37-19-8-5-14-28(37)23-47-34(18-11-21-45)40(52)50-35(42(51)54)17-9-10-20-44/h2-8,12-16,19,24,26,34-36,46-47H,9-11,17-18,20-23,25,44-45H2,1H3,(H,49,53)(H,50,52)/t34-,35-,36-/m0/s1. The van der Waals surface area contributed by atoms with Crippen molar-refractivity contribution in [2.45, 2.75) is 79.5 Å². The molecular formula is C42H49ClN8O3S. The molecule has 0 saturated carbocycles. The minimum absolute atomic E-state index is 0.0903. The summed E-state index contributed by atoms with van der Waals surface area (Å²) in [5, 5.41) is 11.1. The molecule has 0 bridgehead atoms. The molecule has 3 heterocycles. The zero-order chi connectivity index (χ0) is 38.7. The van der Waals surface area contributed by atoms with Crippen molar-refractivity contribution in [3.63, 3.8) is 0 Å². The zero-order valence-corrected chi connectivity index (χ0v) is 32.6. The molecule has 6 rings (SSSR count). The Kier molecular flexibility index (Phi) is 14.0. The normalized spacial score (nSPS) is 18.7. The summed E-state index contributed by atoms with van der Waals surface area (Å²) in [4.78, 5) is 54.5. The van der Waals surface area contributed by atoms with E-state index in [-0.39, 0.29) is 30.7 Å². The number of pyridine rings is 1. The van der Waals surface area contributed by atoms with Crippen molar-refractivity contribution in [1.29, 1.82) is 0 Å². The van der Waals surface area contributed by atoms with E-state index >= 15 is 0 Å². The number of fused-ring (bicyclic) bond motifs is 3. The highest BCUT2D eigenvalue weighted by molar-refractivity contribution is 7.99. The fourth-order valence-corrected chi connectivity index (χ4v) is 8.43. The number of unbranched alkanes of at least 4 members (excludes halogenated alkanes) is 1. The first-order chi connectivity index (χ1) is 26.8. The number of nitrogens with one attached hydrogen (secondary N) is 4. The van der Waals surface area contributed by atoms with Gasteiger partial charge in [-0.1, -0.05) is 90.1 Å². The number of hydrogen-bond acceptors (Lipinski definition) is 8. The summed E-state index contributed by atoms with van der Waals surface area (Å²) in [5.74, 6) is -1.01. The number of hydrogen-bond donors (Lipinski definition) is 6. The molecule has 11 nitrogen and oxygen atoms in total. The Bertz CT molecular complexity index is 2090. The van der Waals surface area contributed by atoms with E-state index in [0.717, 1.165) is 43.1 Å². The van der Waals surface area contributed by atoms with Gasteiger partial charge in [0, 0.05) is 70.8 Å². The quantitative estimate of drug-likeness (QED) is 0.100. The number of para-hydroxylation sites is 1. The predicted molar refractivity (Wildman–Crippen MR) is 219 cm³/mol. The van der Waals surface area contributed by atoms with Gasteiger partial charge in [0.15, 0.2) is 0 Å². The van der Waals surface area contributed by atoms with Gasteiger partial charge < -0.3 is 37.3 Å². The van der Waals surface area contributed by atoms with Gasteiger partial charge in [-0.2, -0.15) is 0 Å². The summed E-state index contributed by atoms with van der Waals surface area (Å²) in [6.07, 6.45) is 6.50. The van der Waals surface area contributed by atoms with Crippen molar-refractivity contribution >= 4 is 52.0 Å². The first kappa shape index (κ1) is 40.0. The molecule has 0 unspecified atom stereocenters. The second-order valence-corrected chi connectivity index (χ2v) is 15.3. The highest BCUT2D eigenvalue weighted by atomic mass is 35.5. The first-order valence-corrected chi connectivity index (χ1v) is 20.0. The van der Waals surface area contributed by atoms with E-state index in [1.54, 1.807) is 13.2 Å². The number of carbonyl (C=O) groups is 3. The van der Waals surface area contributed by atoms with Gasteiger partial charge in [0.2, 0.25) is 17.7 Å². The first-order valence-electron chi connectivity index (χ1n) is 18.8. The van der Waals surface area contributed by atoms with Gasteiger partial charge >= 0.3 is 0 Å². The zero-order valence-electron chi connectivity index (χ0n) is 31.0. The van der Waals surface area contributed by atoms with Crippen LogP contribution in [0.3, 0.4) is 0 Å². The number of rotatable bonds is 10. The van der Waals surface area contributed by atoms with E-state index in [1.807, 2.05) is 85.1 Å².